The van der Waals surface area contributed by atoms with E-state index in [1.165, 1.54) is 18.0 Å². The lowest BCUT2D eigenvalue weighted by molar-refractivity contribution is -0.116. The molecule has 1 aliphatic heterocycles. The number of anilines is 1. The first-order chi connectivity index (χ1) is 18.5. The number of rotatable bonds is 5. The molecule has 0 atom stereocenters. The van der Waals surface area contributed by atoms with Crippen molar-refractivity contribution in [1.82, 2.24) is 24.1 Å². The second-order valence-corrected chi connectivity index (χ2v) is 9.90. The van der Waals surface area contributed by atoms with Crippen LogP contribution >= 0.6 is 11.6 Å². The van der Waals surface area contributed by atoms with Crippen LogP contribution < -0.4 is 5.32 Å². The molecule has 3 aromatic heterocycles. The van der Waals surface area contributed by atoms with Crippen molar-refractivity contribution in [3.05, 3.63) is 95.3 Å². The van der Waals surface area contributed by atoms with Crippen LogP contribution in [0.2, 0.25) is 5.02 Å². The third-order valence-electron chi connectivity index (χ3n) is 7.12. The Bertz CT molecular complexity index is 1650. The minimum absolute atomic E-state index is 0.0581. The van der Waals surface area contributed by atoms with Crippen LogP contribution in [-0.4, -0.2) is 49.0 Å². The molecule has 2 amide bonds. The Morgan fingerprint density at radius 3 is 2.66 bits per heavy atom. The van der Waals surface area contributed by atoms with E-state index < -0.39 is 0 Å². The summed E-state index contributed by atoms with van der Waals surface area (Å²) in [5, 5.41) is 11.6. The molecule has 0 aliphatic carbocycles. The molecule has 38 heavy (non-hydrogen) atoms. The Kier molecular flexibility index (Phi) is 6.29. The summed E-state index contributed by atoms with van der Waals surface area (Å²) < 4.78 is 17.3. The summed E-state index contributed by atoms with van der Waals surface area (Å²) in [5.74, 6) is -0.215. The van der Waals surface area contributed by atoms with Gasteiger partial charge in [-0.05, 0) is 60.7 Å². The second kappa shape index (κ2) is 9.90. The van der Waals surface area contributed by atoms with Crippen molar-refractivity contribution >= 4 is 45.7 Å². The van der Waals surface area contributed by atoms with Crippen LogP contribution in [0.5, 0.6) is 0 Å². The largest absolute Gasteiger partial charge is 0.339 e. The van der Waals surface area contributed by atoms with E-state index in [1.54, 1.807) is 45.6 Å². The third-order valence-corrected chi connectivity index (χ3v) is 7.39. The van der Waals surface area contributed by atoms with Gasteiger partial charge >= 0.3 is 0 Å². The zero-order valence-electron chi connectivity index (χ0n) is 20.3. The maximum absolute atomic E-state index is 13.9. The molecule has 192 valence electrons. The third kappa shape index (κ3) is 4.61. The van der Waals surface area contributed by atoms with Gasteiger partial charge in [-0.2, -0.15) is 0 Å². The number of halogens is 2. The van der Waals surface area contributed by atoms with E-state index in [0.717, 1.165) is 12.8 Å². The predicted octanol–water partition coefficient (Wildman–Crippen LogP) is 5.14. The quantitative estimate of drug-likeness (QED) is 0.341. The number of nitrogens with zero attached hydrogens (tertiary/aromatic N) is 5. The predicted molar refractivity (Wildman–Crippen MR) is 143 cm³/mol. The summed E-state index contributed by atoms with van der Waals surface area (Å²) in [4.78, 5) is 27.5. The van der Waals surface area contributed by atoms with E-state index in [0.29, 0.717) is 51.8 Å². The van der Waals surface area contributed by atoms with E-state index in [-0.39, 0.29) is 24.2 Å². The maximum atomic E-state index is 13.9. The summed E-state index contributed by atoms with van der Waals surface area (Å²) in [6.07, 6.45) is 6.64. The smallest absolute Gasteiger partial charge is 0.255 e. The van der Waals surface area contributed by atoms with Gasteiger partial charge in [-0.3, -0.25) is 14.0 Å². The Labute approximate surface area is 222 Å². The van der Waals surface area contributed by atoms with E-state index in [9.17, 15) is 14.0 Å². The van der Waals surface area contributed by atoms with Crippen LogP contribution in [0.25, 0.3) is 16.6 Å². The summed E-state index contributed by atoms with van der Waals surface area (Å²) >= 11 is 6.26. The summed E-state index contributed by atoms with van der Waals surface area (Å²) in [6, 6.07) is 16.0. The van der Waals surface area contributed by atoms with E-state index >= 15 is 0 Å². The van der Waals surface area contributed by atoms with Gasteiger partial charge in [-0.15, -0.1) is 10.2 Å². The average Bonchev–Trinajstić information content (AvgIpc) is 3.57. The van der Waals surface area contributed by atoms with Crippen LogP contribution in [0.3, 0.4) is 0 Å². The number of amides is 2. The van der Waals surface area contributed by atoms with Crippen molar-refractivity contribution in [2.75, 3.05) is 18.4 Å². The summed E-state index contributed by atoms with van der Waals surface area (Å²) in [7, 11) is 0. The number of pyridine rings is 1. The number of likely N-dealkylation sites (tertiary alicyclic amines) is 1. The van der Waals surface area contributed by atoms with Gasteiger partial charge in [0.1, 0.15) is 18.7 Å². The molecule has 1 saturated heterocycles. The minimum atomic E-state index is -0.301. The SMILES string of the molecule is O=C(Cn1ccc2c(F)cccc21)Nc1ccc(C2CCN(C(=O)c3cc(Cl)c4nncn4c3)CC2)cc1. The number of hydrogen-bond acceptors (Lipinski definition) is 4. The first-order valence-electron chi connectivity index (χ1n) is 12.4. The lowest BCUT2D eigenvalue weighted by atomic mass is 9.89. The van der Waals surface area contributed by atoms with Gasteiger partial charge in [0.15, 0.2) is 5.65 Å². The Morgan fingerprint density at radius 1 is 1.08 bits per heavy atom. The molecule has 8 nitrogen and oxygen atoms in total. The zero-order valence-corrected chi connectivity index (χ0v) is 21.1. The standard InChI is InChI=1S/C28H24ClFN6O2/c29-23-14-20(15-36-17-31-33-27(23)36)28(38)34-11-8-19(9-12-34)18-4-6-21(7-5-18)32-26(37)16-35-13-10-22-24(30)2-1-3-25(22)35/h1-7,10,13-15,17,19H,8-9,11-12,16H2,(H,32,37). The highest BCUT2D eigenvalue weighted by atomic mass is 35.5. The molecule has 10 heteroatoms. The number of carbonyl (C=O) groups is 2. The highest BCUT2D eigenvalue weighted by Crippen LogP contribution is 2.30. The number of carbonyl (C=O) groups excluding carboxylic acids is 2. The minimum Gasteiger partial charge on any atom is -0.339 e. The van der Waals surface area contributed by atoms with Crippen LogP contribution in [0.15, 0.2) is 73.3 Å². The number of fused-ring (bicyclic) bond motifs is 2. The second-order valence-electron chi connectivity index (χ2n) is 9.49. The van der Waals surface area contributed by atoms with Gasteiger partial charge in [0, 0.05) is 36.6 Å². The number of nitrogens with one attached hydrogen (secondary N) is 1. The zero-order chi connectivity index (χ0) is 26.2. The fourth-order valence-electron chi connectivity index (χ4n) is 5.13. The number of aromatic nitrogens is 4. The van der Waals surface area contributed by atoms with Crippen LogP contribution in [-0.2, 0) is 11.3 Å². The molecule has 2 aromatic carbocycles. The normalized spacial score (nSPS) is 14.3. The lowest BCUT2D eigenvalue weighted by Gasteiger charge is -2.32. The molecule has 1 fully saturated rings. The molecule has 0 unspecified atom stereocenters. The molecular weight excluding hydrogens is 507 g/mol. The lowest BCUT2D eigenvalue weighted by Crippen LogP contribution is -2.38. The molecule has 0 spiro atoms. The number of piperidine rings is 1. The van der Waals surface area contributed by atoms with Crippen LogP contribution in [0.1, 0.15) is 34.7 Å². The first-order valence-corrected chi connectivity index (χ1v) is 12.8. The monoisotopic (exact) mass is 530 g/mol. The average molecular weight is 531 g/mol. The molecule has 1 aliphatic rings. The Morgan fingerprint density at radius 2 is 1.87 bits per heavy atom. The summed E-state index contributed by atoms with van der Waals surface area (Å²) in [6.45, 7) is 1.38. The van der Waals surface area contributed by atoms with Crippen molar-refractivity contribution < 1.29 is 14.0 Å². The fraction of sp³-hybridized carbons (Fsp3) is 0.214. The highest BCUT2D eigenvalue weighted by Gasteiger charge is 2.25. The van der Waals surface area contributed by atoms with Crippen molar-refractivity contribution in [1.29, 1.82) is 0 Å². The van der Waals surface area contributed by atoms with Crippen molar-refractivity contribution in [2.24, 2.45) is 0 Å². The number of hydrogen-bond donors (Lipinski definition) is 1. The first kappa shape index (κ1) is 24.1. The highest BCUT2D eigenvalue weighted by molar-refractivity contribution is 6.33. The van der Waals surface area contributed by atoms with E-state index in [2.05, 4.69) is 15.5 Å². The Hall–Kier alpha value is -4.24. The van der Waals surface area contributed by atoms with Crippen molar-refractivity contribution in [3.8, 4) is 0 Å². The molecular formula is C28H24ClFN6O2. The van der Waals surface area contributed by atoms with Gasteiger partial charge in [-0.1, -0.05) is 29.8 Å². The van der Waals surface area contributed by atoms with Gasteiger partial charge in [-0.25, -0.2) is 4.39 Å². The number of benzene rings is 2. The van der Waals surface area contributed by atoms with E-state index in [1.807, 2.05) is 29.2 Å². The van der Waals surface area contributed by atoms with Crippen molar-refractivity contribution in [3.63, 3.8) is 0 Å². The van der Waals surface area contributed by atoms with Crippen LogP contribution in [0.4, 0.5) is 10.1 Å². The van der Waals surface area contributed by atoms with Gasteiger partial charge < -0.3 is 14.8 Å². The topological polar surface area (TPSA) is 84.5 Å². The molecule has 0 bridgehead atoms. The molecule has 0 saturated carbocycles. The van der Waals surface area contributed by atoms with Gasteiger partial charge in [0.05, 0.1) is 16.1 Å². The fourth-order valence-corrected chi connectivity index (χ4v) is 5.38. The molecule has 0 radical (unpaired) electrons. The van der Waals surface area contributed by atoms with Gasteiger partial charge in [0.2, 0.25) is 5.91 Å². The molecule has 4 heterocycles. The van der Waals surface area contributed by atoms with Crippen LogP contribution in [0, 0.1) is 5.82 Å². The summed E-state index contributed by atoms with van der Waals surface area (Å²) in [5.41, 5.74) is 3.60. The Balaban J connectivity index is 1.05. The molecule has 1 N–H and O–H groups in total. The van der Waals surface area contributed by atoms with Crippen molar-refractivity contribution in [2.45, 2.75) is 25.3 Å². The van der Waals surface area contributed by atoms with E-state index in [4.69, 9.17) is 11.6 Å². The van der Waals surface area contributed by atoms with Gasteiger partial charge in [0.25, 0.3) is 5.91 Å². The molecule has 6 rings (SSSR count). The molecule has 5 aromatic rings. The maximum Gasteiger partial charge on any atom is 0.255 e.